The van der Waals surface area contributed by atoms with Gasteiger partial charge < -0.3 is 4.74 Å². The second-order valence-electron chi connectivity index (χ2n) is 2.89. The molecule has 0 aliphatic heterocycles. The average Bonchev–Trinajstić information content (AvgIpc) is 2.50. The Hall–Kier alpha value is -0.990. The summed E-state index contributed by atoms with van der Waals surface area (Å²) in [5, 5.41) is 4.27. The van der Waals surface area contributed by atoms with Gasteiger partial charge in [0.05, 0.1) is 12.8 Å². The van der Waals surface area contributed by atoms with E-state index < -0.39 is 0 Å². The molecule has 0 N–H and O–H groups in total. The molecule has 1 aromatic rings. The van der Waals surface area contributed by atoms with Crippen LogP contribution in [0.1, 0.15) is 39.3 Å². The van der Waals surface area contributed by atoms with E-state index in [4.69, 9.17) is 4.74 Å². The summed E-state index contributed by atoms with van der Waals surface area (Å²) in [4.78, 5) is 0. The molecule has 0 aliphatic carbocycles. The van der Waals surface area contributed by atoms with E-state index >= 15 is 0 Å². The number of rotatable bonds is 2. The fraction of sp³-hybridized carbons (Fsp3) is 0.700. The summed E-state index contributed by atoms with van der Waals surface area (Å²) in [6.45, 7) is 8.23. The predicted molar refractivity (Wildman–Crippen MR) is 55.2 cm³/mol. The SMILES string of the molecule is CC.COc1cc(C(C)C)nn1C. The molecule has 1 aromatic heterocycles. The summed E-state index contributed by atoms with van der Waals surface area (Å²) < 4.78 is 6.82. The number of ether oxygens (including phenoxy) is 1. The van der Waals surface area contributed by atoms with Crippen molar-refractivity contribution in [1.29, 1.82) is 0 Å². The average molecular weight is 184 g/mol. The van der Waals surface area contributed by atoms with Crippen molar-refractivity contribution in [3.8, 4) is 5.88 Å². The van der Waals surface area contributed by atoms with E-state index in [1.54, 1.807) is 11.8 Å². The Morgan fingerprint density at radius 2 is 1.92 bits per heavy atom. The monoisotopic (exact) mass is 184 g/mol. The Balaban J connectivity index is 0.000000671. The molecule has 13 heavy (non-hydrogen) atoms. The molecule has 0 unspecified atom stereocenters. The van der Waals surface area contributed by atoms with Gasteiger partial charge in [-0.3, -0.25) is 0 Å². The number of aromatic nitrogens is 2. The summed E-state index contributed by atoms with van der Waals surface area (Å²) in [5.41, 5.74) is 1.07. The second-order valence-corrected chi connectivity index (χ2v) is 2.89. The van der Waals surface area contributed by atoms with Crippen LogP contribution in [0.5, 0.6) is 5.88 Å². The Bertz CT molecular complexity index is 241. The summed E-state index contributed by atoms with van der Waals surface area (Å²) in [5.74, 6) is 1.28. The zero-order valence-corrected chi connectivity index (χ0v) is 9.46. The highest BCUT2D eigenvalue weighted by atomic mass is 16.5. The van der Waals surface area contributed by atoms with Crippen LogP contribution in [0.15, 0.2) is 6.07 Å². The number of hydrogen-bond donors (Lipinski definition) is 0. The van der Waals surface area contributed by atoms with Gasteiger partial charge in [-0.1, -0.05) is 27.7 Å². The maximum atomic E-state index is 5.08. The minimum absolute atomic E-state index is 0.463. The van der Waals surface area contributed by atoms with Crippen molar-refractivity contribution in [2.75, 3.05) is 7.11 Å². The Labute approximate surface area is 80.7 Å². The summed E-state index contributed by atoms with van der Waals surface area (Å²) in [6.07, 6.45) is 0. The van der Waals surface area contributed by atoms with Crippen molar-refractivity contribution in [3.05, 3.63) is 11.8 Å². The molecular formula is C10H20N2O. The lowest BCUT2D eigenvalue weighted by Crippen LogP contribution is -1.95. The van der Waals surface area contributed by atoms with E-state index in [1.165, 1.54) is 0 Å². The van der Waals surface area contributed by atoms with E-state index in [2.05, 4.69) is 18.9 Å². The minimum Gasteiger partial charge on any atom is -0.481 e. The van der Waals surface area contributed by atoms with Crippen molar-refractivity contribution >= 4 is 0 Å². The number of aryl methyl sites for hydroxylation is 1. The number of methoxy groups -OCH3 is 1. The normalized spacial score (nSPS) is 9.46. The highest BCUT2D eigenvalue weighted by molar-refractivity contribution is 5.17. The predicted octanol–water partition coefficient (Wildman–Crippen LogP) is 2.58. The fourth-order valence-corrected chi connectivity index (χ4v) is 0.944. The van der Waals surface area contributed by atoms with Crippen LogP contribution >= 0.6 is 0 Å². The maximum Gasteiger partial charge on any atom is 0.211 e. The molecular weight excluding hydrogens is 164 g/mol. The largest absolute Gasteiger partial charge is 0.481 e. The van der Waals surface area contributed by atoms with Crippen LogP contribution in [-0.2, 0) is 7.05 Å². The van der Waals surface area contributed by atoms with E-state index in [9.17, 15) is 0 Å². The van der Waals surface area contributed by atoms with Crippen molar-refractivity contribution in [3.63, 3.8) is 0 Å². The first-order valence-corrected chi connectivity index (χ1v) is 4.73. The van der Waals surface area contributed by atoms with Crippen LogP contribution in [0.25, 0.3) is 0 Å². The summed E-state index contributed by atoms with van der Waals surface area (Å²) >= 11 is 0. The Kier molecular flexibility index (Phi) is 5.19. The van der Waals surface area contributed by atoms with Crippen LogP contribution < -0.4 is 4.74 Å². The highest BCUT2D eigenvalue weighted by Crippen LogP contribution is 2.17. The second kappa shape index (κ2) is 5.62. The zero-order valence-electron chi connectivity index (χ0n) is 9.46. The topological polar surface area (TPSA) is 27.1 Å². The number of hydrogen-bond acceptors (Lipinski definition) is 2. The third kappa shape index (κ3) is 3.09. The molecule has 0 bridgehead atoms. The third-order valence-corrected chi connectivity index (χ3v) is 1.66. The molecule has 0 atom stereocenters. The standard InChI is InChI=1S/C8H14N2O.C2H6/c1-6(2)7-5-8(11-4)10(3)9-7;1-2/h5-6H,1-4H3;1-2H3. The first kappa shape index (κ1) is 12.0. The maximum absolute atomic E-state index is 5.08. The molecule has 0 radical (unpaired) electrons. The van der Waals surface area contributed by atoms with Gasteiger partial charge in [0.15, 0.2) is 0 Å². The molecule has 3 heteroatoms. The number of nitrogens with zero attached hydrogens (tertiary/aromatic N) is 2. The van der Waals surface area contributed by atoms with Gasteiger partial charge in [-0.05, 0) is 5.92 Å². The summed E-state index contributed by atoms with van der Waals surface area (Å²) in [6, 6.07) is 1.96. The van der Waals surface area contributed by atoms with Crippen LogP contribution in [0.3, 0.4) is 0 Å². The first-order chi connectivity index (χ1) is 6.15. The van der Waals surface area contributed by atoms with Gasteiger partial charge in [0, 0.05) is 13.1 Å². The van der Waals surface area contributed by atoms with Crippen molar-refractivity contribution in [2.24, 2.45) is 7.05 Å². The molecule has 3 nitrogen and oxygen atoms in total. The molecule has 0 aliphatic rings. The van der Waals surface area contributed by atoms with Gasteiger partial charge in [0.25, 0.3) is 0 Å². The molecule has 0 fully saturated rings. The molecule has 1 heterocycles. The van der Waals surface area contributed by atoms with Crippen LogP contribution in [0.4, 0.5) is 0 Å². The van der Waals surface area contributed by atoms with Gasteiger partial charge in [-0.15, -0.1) is 0 Å². The lowest BCUT2D eigenvalue weighted by molar-refractivity contribution is 0.373. The fourth-order valence-electron chi connectivity index (χ4n) is 0.944. The minimum atomic E-state index is 0.463. The third-order valence-electron chi connectivity index (χ3n) is 1.66. The van der Waals surface area contributed by atoms with Gasteiger partial charge in [-0.25, -0.2) is 4.68 Å². The van der Waals surface area contributed by atoms with Crippen molar-refractivity contribution in [2.45, 2.75) is 33.6 Å². The van der Waals surface area contributed by atoms with Gasteiger partial charge in [-0.2, -0.15) is 5.10 Å². The van der Waals surface area contributed by atoms with Crippen LogP contribution in [0, 0.1) is 0 Å². The first-order valence-electron chi connectivity index (χ1n) is 4.73. The van der Waals surface area contributed by atoms with E-state index in [-0.39, 0.29) is 0 Å². The molecule has 76 valence electrons. The lowest BCUT2D eigenvalue weighted by Gasteiger charge is -1.95. The molecule has 0 saturated heterocycles. The van der Waals surface area contributed by atoms with Crippen LogP contribution in [0.2, 0.25) is 0 Å². The van der Waals surface area contributed by atoms with Crippen molar-refractivity contribution < 1.29 is 4.74 Å². The zero-order chi connectivity index (χ0) is 10.4. The summed E-state index contributed by atoms with van der Waals surface area (Å²) in [7, 11) is 3.53. The highest BCUT2D eigenvalue weighted by Gasteiger charge is 2.07. The van der Waals surface area contributed by atoms with E-state index in [0.29, 0.717) is 5.92 Å². The van der Waals surface area contributed by atoms with Crippen molar-refractivity contribution in [1.82, 2.24) is 9.78 Å². The smallest absolute Gasteiger partial charge is 0.211 e. The Morgan fingerprint density at radius 1 is 1.38 bits per heavy atom. The van der Waals surface area contributed by atoms with Crippen LogP contribution in [-0.4, -0.2) is 16.9 Å². The van der Waals surface area contributed by atoms with Gasteiger partial charge in [0.2, 0.25) is 5.88 Å². The van der Waals surface area contributed by atoms with Gasteiger partial charge >= 0.3 is 0 Å². The molecule has 0 amide bonds. The van der Waals surface area contributed by atoms with E-state index in [0.717, 1.165) is 11.6 Å². The molecule has 1 rings (SSSR count). The lowest BCUT2D eigenvalue weighted by atomic mass is 10.1. The van der Waals surface area contributed by atoms with E-state index in [1.807, 2.05) is 27.0 Å². The quantitative estimate of drug-likeness (QED) is 0.706. The molecule has 0 spiro atoms. The van der Waals surface area contributed by atoms with Gasteiger partial charge in [0.1, 0.15) is 0 Å². The molecule has 0 saturated carbocycles. The Morgan fingerprint density at radius 3 is 2.15 bits per heavy atom. The molecule has 0 aromatic carbocycles.